The van der Waals surface area contributed by atoms with Crippen molar-refractivity contribution in [3.63, 3.8) is 0 Å². The van der Waals surface area contributed by atoms with Crippen molar-refractivity contribution in [3.8, 4) is 11.5 Å². The van der Waals surface area contributed by atoms with E-state index >= 15 is 0 Å². The number of piperidine rings is 1. The van der Waals surface area contributed by atoms with E-state index < -0.39 is 28.8 Å². The summed E-state index contributed by atoms with van der Waals surface area (Å²) in [5, 5.41) is 37.8. The van der Waals surface area contributed by atoms with Crippen LogP contribution in [0, 0.1) is 11.1 Å². The molecule has 2 N–H and O–H groups in total. The summed E-state index contributed by atoms with van der Waals surface area (Å²) in [6.07, 6.45) is 1.08. The molecule has 2 heterocycles. The number of benzene rings is 2. The number of likely N-dealkylation sites (tertiary alicyclic amines) is 1. The standard InChI is InChI=1S/C31H37F3N2O4/c1-35(15-2-3-19-6-9-22(10-7-19)31(32,33)34)23-12-13-30(38)25-17-21-8-11-24(37)27-26(21)29(30,28(23)40-27)14-16-36(25,39)18-20-4-5-20/h6-11,20,23,25,28,37-38H,2-5,12-18H2,1H3/t23-,25-,28+,29+,30-,36?/m1/s1. The van der Waals surface area contributed by atoms with E-state index in [2.05, 4.69) is 4.90 Å². The molecule has 7 rings (SSSR count). The van der Waals surface area contributed by atoms with Crippen LogP contribution in [0.3, 0.4) is 0 Å². The minimum Gasteiger partial charge on any atom is -0.632 e. The zero-order valence-electron chi connectivity index (χ0n) is 22.8. The molecule has 3 fully saturated rings. The van der Waals surface area contributed by atoms with Gasteiger partial charge in [-0.25, -0.2) is 0 Å². The van der Waals surface area contributed by atoms with Crippen molar-refractivity contribution in [1.29, 1.82) is 0 Å². The van der Waals surface area contributed by atoms with E-state index in [1.807, 2.05) is 13.1 Å². The Morgan fingerprint density at radius 3 is 2.55 bits per heavy atom. The van der Waals surface area contributed by atoms with Gasteiger partial charge in [0.1, 0.15) is 17.7 Å². The molecule has 2 aromatic carbocycles. The molecule has 1 saturated heterocycles. The Hall–Kier alpha value is -2.33. The number of quaternary nitrogens is 1. The molecule has 2 saturated carbocycles. The highest BCUT2D eigenvalue weighted by atomic mass is 19.4. The third kappa shape index (κ3) is 3.77. The summed E-state index contributed by atoms with van der Waals surface area (Å²) < 4.78 is 45.0. The second-order valence-corrected chi connectivity index (χ2v) is 13.0. The molecule has 216 valence electrons. The van der Waals surface area contributed by atoms with Crippen LogP contribution in [0.1, 0.15) is 60.8 Å². The average Bonchev–Trinajstić information content (AvgIpc) is 3.63. The minimum atomic E-state index is -4.34. The predicted molar refractivity (Wildman–Crippen MR) is 143 cm³/mol. The summed E-state index contributed by atoms with van der Waals surface area (Å²) in [7, 11) is 2.04. The number of aryl methyl sites for hydroxylation is 1. The van der Waals surface area contributed by atoms with Crippen LogP contribution in [0.2, 0.25) is 0 Å². The molecular formula is C31H37F3N2O4. The number of hydrogen-bond acceptors (Lipinski definition) is 5. The first-order chi connectivity index (χ1) is 19.0. The number of nitrogens with zero attached hydrogens (tertiary/aromatic N) is 2. The van der Waals surface area contributed by atoms with Crippen LogP contribution in [0.5, 0.6) is 11.5 Å². The van der Waals surface area contributed by atoms with E-state index in [0.29, 0.717) is 63.4 Å². The second kappa shape index (κ2) is 8.84. The van der Waals surface area contributed by atoms with Crippen LogP contribution < -0.4 is 4.74 Å². The van der Waals surface area contributed by atoms with Crippen LogP contribution in [0.25, 0.3) is 0 Å². The Kier molecular flexibility index (Phi) is 5.87. The SMILES string of the molecule is CN(CCCc1ccc(C(F)(F)F)cc1)[C@@H]1CC[C@@]2(O)[C@H]3Cc4ccc(O)c5c4[C@@]2(CC[N+]3([O-])CC2CC2)[C@H]1O5. The quantitative estimate of drug-likeness (QED) is 0.373. The van der Waals surface area contributed by atoms with Gasteiger partial charge in [-0.2, -0.15) is 13.2 Å². The first kappa shape index (κ1) is 26.6. The molecule has 40 heavy (non-hydrogen) atoms. The van der Waals surface area contributed by atoms with Crippen molar-refractivity contribution >= 4 is 0 Å². The van der Waals surface area contributed by atoms with Gasteiger partial charge in [0.2, 0.25) is 0 Å². The lowest BCUT2D eigenvalue weighted by Gasteiger charge is -2.68. The molecule has 1 unspecified atom stereocenters. The van der Waals surface area contributed by atoms with Crippen LogP contribution >= 0.6 is 0 Å². The molecule has 6 nitrogen and oxygen atoms in total. The predicted octanol–water partition coefficient (Wildman–Crippen LogP) is 4.92. The molecule has 2 aliphatic heterocycles. The number of likely N-dealkylation sites (N-methyl/N-ethyl adjacent to an activating group) is 1. The molecule has 0 radical (unpaired) electrons. The normalized spacial score (nSPS) is 35.9. The smallest absolute Gasteiger partial charge is 0.416 e. The van der Waals surface area contributed by atoms with Gasteiger partial charge in [0.25, 0.3) is 0 Å². The maximum Gasteiger partial charge on any atom is 0.416 e. The van der Waals surface area contributed by atoms with Gasteiger partial charge in [-0.1, -0.05) is 18.2 Å². The number of aromatic hydroxyl groups is 1. The molecule has 2 aromatic rings. The zero-order chi connectivity index (χ0) is 28.1. The topological polar surface area (TPSA) is 76.0 Å². The number of phenolic OH excluding ortho intramolecular Hbond substituents is 1. The highest BCUT2D eigenvalue weighted by Gasteiger charge is 2.76. The Morgan fingerprint density at radius 2 is 1.85 bits per heavy atom. The van der Waals surface area contributed by atoms with Gasteiger partial charge in [0.05, 0.1) is 24.1 Å². The molecule has 1 spiro atoms. The number of halogens is 3. The molecular weight excluding hydrogens is 521 g/mol. The molecule has 2 bridgehead atoms. The third-order valence-electron chi connectivity index (χ3n) is 10.8. The monoisotopic (exact) mass is 558 g/mol. The summed E-state index contributed by atoms with van der Waals surface area (Å²) in [6, 6.07) is 8.46. The van der Waals surface area contributed by atoms with Gasteiger partial charge >= 0.3 is 6.18 Å². The lowest BCUT2D eigenvalue weighted by atomic mass is 9.48. The maximum absolute atomic E-state index is 14.4. The van der Waals surface area contributed by atoms with E-state index in [1.54, 1.807) is 18.2 Å². The van der Waals surface area contributed by atoms with E-state index in [9.17, 15) is 28.6 Å². The Morgan fingerprint density at radius 1 is 1.10 bits per heavy atom. The fraction of sp³-hybridized carbons (Fsp3) is 0.613. The van der Waals surface area contributed by atoms with E-state index in [4.69, 9.17) is 4.74 Å². The summed E-state index contributed by atoms with van der Waals surface area (Å²) in [5.74, 6) is 1.01. The van der Waals surface area contributed by atoms with Crippen molar-refractivity contribution in [2.75, 3.05) is 26.7 Å². The van der Waals surface area contributed by atoms with Crippen LogP contribution in [0.4, 0.5) is 13.2 Å². The van der Waals surface area contributed by atoms with Crippen LogP contribution in [-0.2, 0) is 24.4 Å². The van der Waals surface area contributed by atoms with Crippen LogP contribution in [-0.4, -0.2) is 70.2 Å². The fourth-order valence-corrected chi connectivity index (χ4v) is 8.74. The molecule has 0 aromatic heterocycles. The summed E-state index contributed by atoms with van der Waals surface area (Å²) in [6.45, 7) is 1.73. The van der Waals surface area contributed by atoms with E-state index in [0.717, 1.165) is 48.1 Å². The second-order valence-electron chi connectivity index (χ2n) is 13.0. The molecule has 0 amide bonds. The van der Waals surface area contributed by atoms with Gasteiger partial charge in [-0.3, -0.25) is 4.90 Å². The highest BCUT2D eigenvalue weighted by Crippen LogP contribution is 2.67. The number of ether oxygens (including phenoxy) is 1. The zero-order valence-corrected chi connectivity index (χ0v) is 22.8. The van der Waals surface area contributed by atoms with Gasteiger partial charge in [-0.15, -0.1) is 0 Å². The van der Waals surface area contributed by atoms with Gasteiger partial charge in [0, 0.05) is 30.4 Å². The Balaban J connectivity index is 1.14. The third-order valence-corrected chi connectivity index (χ3v) is 10.8. The van der Waals surface area contributed by atoms with Gasteiger partial charge in [0.15, 0.2) is 11.5 Å². The van der Waals surface area contributed by atoms with Gasteiger partial charge in [-0.05, 0) is 81.4 Å². The number of rotatable bonds is 7. The Labute approximate surface area is 232 Å². The van der Waals surface area contributed by atoms with Gasteiger partial charge < -0.3 is 24.8 Å². The molecule has 3 aliphatic carbocycles. The lowest BCUT2D eigenvalue weighted by molar-refractivity contribution is -0.924. The molecule has 6 atom stereocenters. The first-order valence-electron chi connectivity index (χ1n) is 14.6. The molecule has 5 aliphatic rings. The van der Waals surface area contributed by atoms with Crippen molar-refractivity contribution in [3.05, 3.63) is 63.9 Å². The summed E-state index contributed by atoms with van der Waals surface area (Å²) in [5.41, 5.74) is 0.218. The Bertz CT molecular complexity index is 1310. The number of hydrogen-bond donors (Lipinski definition) is 2. The van der Waals surface area contributed by atoms with Crippen LogP contribution in [0.15, 0.2) is 36.4 Å². The summed E-state index contributed by atoms with van der Waals surface area (Å²) >= 11 is 0. The number of aliphatic hydroxyl groups is 1. The van der Waals surface area contributed by atoms with Crippen molar-refractivity contribution in [2.24, 2.45) is 5.92 Å². The number of alkyl halides is 3. The summed E-state index contributed by atoms with van der Waals surface area (Å²) in [4.78, 5) is 2.24. The minimum absolute atomic E-state index is 0.0265. The lowest BCUT2D eigenvalue weighted by Crippen LogP contribution is -2.81. The number of hydroxylamine groups is 3. The largest absolute Gasteiger partial charge is 0.632 e. The fourth-order valence-electron chi connectivity index (χ4n) is 8.74. The maximum atomic E-state index is 14.4. The van der Waals surface area contributed by atoms with Crippen molar-refractivity contribution in [2.45, 2.75) is 86.7 Å². The molecule has 9 heteroatoms. The highest BCUT2D eigenvalue weighted by molar-refractivity contribution is 5.62. The van der Waals surface area contributed by atoms with Crippen molar-refractivity contribution in [1.82, 2.24) is 4.90 Å². The van der Waals surface area contributed by atoms with Crippen molar-refractivity contribution < 1.29 is 32.8 Å². The first-order valence-corrected chi connectivity index (χ1v) is 14.6. The average molecular weight is 559 g/mol. The number of phenols is 1. The van der Waals surface area contributed by atoms with E-state index in [-0.39, 0.29) is 22.5 Å². The van der Waals surface area contributed by atoms with E-state index in [1.165, 1.54) is 0 Å².